The number of sulfonamides is 1. The molecule has 0 bridgehead atoms. The molecule has 0 aliphatic carbocycles. The topological polar surface area (TPSA) is 46.2 Å². The first-order valence-corrected chi connectivity index (χ1v) is 8.68. The van der Waals surface area contributed by atoms with E-state index in [4.69, 9.17) is 0 Å². The molecular formula is C18H21NO2S. The molecule has 4 heteroatoms. The smallest absolute Gasteiger partial charge is 0.207 e. The molecule has 0 aliphatic rings. The van der Waals surface area contributed by atoms with Gasteiger partial charge in [-0.3, -0.25) is 0 Å². The van der Waals surface area contributed by atoms with Crippen molar-refractivity contribution in [2.75, 3.05) is 0 Å². The van der Waals surface area contributed by atoms with E-state index in [1.165, 1.54) is 0 Å². The molecule has 2 aromatic rings. The Kier molecular flexibility index (Phi) is 5.16. The highest BCUT2D eigenvalue weighted by molar-refractivity contribution is 7.89. The first-order valence-electron chi connectivity index (χ1n) is 7.19. The van der Waals surface area contributed by atoms with Gasteiger partial charge in [-0.1, -0.05) is 48.0 Å². The molecule has 0 saturated heterocycles. The minimum Gasteiger partial charge on any atom is -0.207 e. The van der Waals surface area contributed by atoms with Crippen LogP contribution in [0.15, 0.2) is 66.1 Å². The lowest BCUT2D eigenvalue weighted by molar-refractivity contribution is 0.557. The van der Waals surface area contributed by atoms with Crippen LogP contribution in [0, 0.1) is 13.8 Å². The molecule has 1 N–H and O–H groups in total. The van der Waals surface area contributed by atoms with Crippen LogP contribution in [0.5, 0.6) is 0 Å². The van der Waals surface area contributed by atoms with Crippen LogP contribution in [0.2, 0.25) is 0 Å². The van der Waals surface area contributed by atoms with Crippen LogP contribution in [-0.2, 0) is 10.0 Å². The molecule has 0 radical (unpaired) electrons. The third kappa shape index (κ3) is 3.84. The molecular weight excluding hydrogens is 294 g/mol. The molecule has 0 spiro atoms. The van der Waals surface area contributed by atoms with Crippen molar-refractivity contribution in [3.8, 4) is 0 Å². The molecule has 0 aromatic heterocycles. The number of hydrogen-bond acceptors (Lipinski definition) is 2. The fourth-order valence-electron chi connectivity index (χ4n) is 2.36. The summed E-state index contributed by atoms with van der Waals surface area (Å²) in [5, 5.41) is 0. The molecule has 0 amide bonds. The Balaban J connectivity index is 2.33. The predicted molar refractivity (Wildman–Crippen MR) is 90.2 cm³/mol. The molecule has 0 saturated carbocycles. The van der Waals surface area contributed by atoms with Crippen molar-refractivity contribution in [1.82, 2.24) is 4.72 Å². The lowest BCUT2D eigenvalue weighted by Gasteiger charge is -2.19. The number of nitrogens with one attached hydrogen (secondary N) is 1. The standard InChI is InChI=1S/C18H21NO2S/c1-4-7-18(17-9-6-5-8-15(17)3)19-22(20,21)16-12-10-14(2)11-13-16/h4-6,8-13,18-19H,1,7H2,2-3H3. The van der Waals surface area contributed by atoms with Gasteiger partial charge in [-0.25, -0.2) is 13.1 Å². The Hall–Kier alpha value is -1.91. The molecule has 3 nitrogen and oxygen atoms in total. The van der Waals surface area contributed by atoms with Gasteiger partial charge in [0.25, 0.3) is 0 Å². The molecule has 1 atom stereocenters. The fraction of sp³-hybridized carbons (Fsp3) is 0.222. The second-order valence-electron chi connectivity index (χ2n) is 5.37. The fourth-order valence-corrected chi connectivity index (χ4v) is 3.58. The molecule has 2 aromatic carbocycles. The molecule has 2 rings (SSSR count). The van der Waals surface area contributed by atoms with E-state index in [1.54, 1.807) is 30.3 Å². The summed E-state index contributed by atoms with van der Waals surface area (Å²) >= 11 is 0. The highest BCUT2D eigenvalue weighted by Gasteiger charge is 2.21. The van der Waals surface area contributed by atoms with E-state index in [1.807, 2.05) is 38.1 Å². The van der Waals surface area contributed by atoms with Gasteiger partial charge in [-0.2, -0.15) is 0 Å². The van der Waals surface area contributed by atoms with Crippen molar-refractivity contribution in [1.29, 1.82) is 0 Å². The van der Waals surface area contributed by atoms with Gasteiger partial charge in [0.2, 0.25) is 10.0 Å². The number of hydrogen-bond donors (Lipinski definition) is 1. The van der Waals surface area contributed by atoms with Gasteiger partial charge in [0.15, 0.2) is 0 Å². The third-order valence-corrected chi connectivity index (χ3v) is 5.08. The summed E-state index contributed by atoms with van der Waals surface area (Å²) in [6.07, 6.45) is 2.27. The maximum absolute atomic E-state index is 12.6. The zero-order valence-electron chi connectivity index (χ0n) is 12.9. The summed E-state index contributed by atoms with van der Waals surface area (Å²) in [5.74, 6) is 0. The van der Waals surface area contributed by atoms with Crippen molar-refractivity contribution >= 4 is 10.0 Å². The Morgan fingerprint density at radius 1 is 1.09 bits per heavy atom. The van der Waals surface area contributed by atoms with Gasteiger partial charge < -0.3 is 0 Å². The van der Waals surface area contributed by atoms with E-state index < -0.39 is 10.0 Å². The second kappa shape index (κ2) is 6.90. The average molecular weight is 315 g/mol. The average Bonchev–Trinajstić information content (AvgIpc) is 2.47. The van der Waals surface area contributed by atoms with Gasteiger partial charge in [0.1, 0.15) is 0 Å². The highest BCUT2D eigenvalue weighted by atomic mass is 32.2. The summed E-state index contributed by atoms with van der Waals surface area (Å²) in [4.78, 5) is 0.278. The van der Waals surface area contributed by atoms with Crippen LogP contribution in [0.1, 0.15) is 29.2 Å². The maximum atomic E-state index is 12.6. The van der Waals surface area contributed by atoms with Crippen LogP contribution in [0.4, 0.5) is 0 Å². The molecule has 1 unspecified atom stereocenters. The lowest BCUT2D eigenvalue weighted by Crippen LogP contribution is -2.29. The zero-order valence-corrected chi connectivity index (χ0v) is 13.7. The third-order valence-electron chi connectivity index (χ3n) is 3.59. The second-order valence-corrected chi connectivity index (χ2v) is 7.08. The van der Waals surface area contributed by atoms with Gasteiger partial charge in [-0.05, 0) is 43.5 Å². The summed E-state index contributed by atoms with van der Waals surface area (Å²) in [7, 11) is -3.56. The van der Waals surface area contributed by atoms with Crippen molar-refractivity contribution in [2.24, 2.45) is 0 Å². The van der Waals surface area contributed by atoms with E-state index in [-0.39, 0.29) is 10.9 Å². The van der Waals surface area contributed by atoms with E-state index >= 15 is 0 Å². The molecule has 22 heavy (non-hydrogen) atoms. The predicted octanol–water partition coefficient (Wildman–Crippen LogP) is 3.90. The normalized spacial score (nSPS) is 12.8. The Labute approximate surface area is 132 Å². The molecule has 116 valence electrons. The van der Waals surface area contributed by atoms with Gasteiger partial charge >= 0.3 is 0 Å². The summed E-state index contributed by atoms with van der Waals surface area (Å²) in [6.45, 7) is 7.64. The molecule has 0 aliphatic heterocycles. The van der Waals surface area contributed by atoms with Crippen molar-refractivity contribution in [3.63, 3.8) is 0 Å². The molecule has 0 heterocycles. The minimum atomic E-state index is -3.56. The Morgan fingerprint density at radius 3 is 2.32 bits per heavy atom. The van der Waals surface area contributed by atoms with Crippen molar-refractivity contribution < 1.29 is 8.42 Å². The summed E-state index contributed by atoms with van der Waals surface area (Å²) < 4.78 is 27.9. The number of aryl methyl sites for hydroxylation is 2. The molecule has 0 fully saturated rings. The highest BCUT2D eigenvalue weighted by Crippen LogP contribution is 2.23. The van der Waals surface area contributed by atoms with Crippen LogP contribution in [0.3, 0.4) is 0 Å². The number of benzene rings is 2. The Morgan fingerprint density at radius 2 is 1.73 bits per heavy atom. The first-order chi connectivity index (χ1) is 10.4. The van der Waals surface area contributed by atoms with E-state index in [2.05, 4.69) is 11.3 Å². The van der Waals surface area contributed by atoms with Crippen LogP contribution < -0.4 is 4.72 Å². The van der Waals surface area contributed by atoms with Crippen LogP contribution in [-0.4, -0.2) is 8.42 Å². The first kappa shape index (κ1) is 16.5. The lowest BCUT2D eigenvalue weighted by atomic mass is 10.00. The van der Waals surface area contributed by atoms with E-state index in [0.717, 1.165) is 16.7 Å². The van der Waals surface area contributed by atoms with E-state index in [9.17, 15) is 8.42 Å². The number of rotatable bonds is 6. The SMILES string of the molecule is C=CCC(NS(=O)(=O)c1ccc(C)cc1)c1ccccc1C. The monoisotopic (exact) mass is 315 g/mol. The van der Waals surface area contributed by atoms with Crippen LogP contribution >= 0.6 is 0 Å². The van der Waals surface area contributed by atoms with Crippen molar-refractivity contribution in [2.45, 2.75) is 31.2 Å². The van der Waals surface area contributed by atoms with Gasteiger partial charge in [0, 0.05) is 0 Å². The largest absolute Gasteiger partial charge is 0.241 e. The Bertz CT molecular complexity index is 749. The van der Waals surface area contributed by atoms with Gasteiger partial charge in [0.05, 0.1) is 10.9 Å². The summed E-state index contributed by atoms with van der Waals surface area (Å²) in [5.41, 5.74) is 3.06. The zero-order chi connectivity index (χ0) is 16.2. The maximum Gasteiger partial charge on any atom is 0.241 e. The van der Waals surface area contributed by atoms with E-state index in [0.29, 0.717) is 6.42 Å². The van der Waals surface area contributed by atoms with Crippen LogP contribution in [0.25, 0.3) is 0 Å². The summed E-state index contributed by atoms with van der Waals surface area (Å²) in [6, 6.07) is 14.3. The quantitative estimate of drug-likeness (QED) is 0.822. The van der Waals surface area contributed by atoms with Gasteiger partial charge in [-0.15, -0.1) is 6.58 Å². The van der Waals surface area contributed by atoms with Crippen molar-refractivity contribution in [3.05, 3.63) is 77.9 Å². The minimum absolute atomic E-state index is 0.278.